The number of amides is 3. The molecule has 0 spiro atoms. The molecule has 0 radical (unpaired) electrons. The van der Waals surface area contributed by atoms with Crippen molar-refractivity contribution in [3.05, 3.63) is 0 Å². The summed E-state index contributed by atoms with van der Waals surface area (Å²) in [5.74, 6) is -7.84. The Balaban J connectivity index is 5.64. The molecule has 0 aromatic heterocycles. The largest absolute Gasteiger partial charge is 0.481 e. The van der Waals surface area contributed by atoms with E-state index in [1.165, 1.54) is 0 Å². The van der Waals surface area contributed by atoms with Crippen molar-refractivity contribution in [1.82, 2.24) is 16.0 Å². The molecule has 8 N–H and O–H groups in total. The molecule has 0 heterocycles. The molecule has 0 aromatic carbocycles. The van der Waals surface area contributed by atoms with Crippen molar-refractivity contribution in [2.45, 2.75) is 77.5 Å². The smallest absolute Gasteiger partial charge is 0.326 e. The van der Waals surface area contributed by atoms with E-state index in [2.05, 4.69) is 16.0 Å². The first-order chi connectivity index (χ1) is 15.2. The van der Waals surface area contributed by atoms with E-state index in [1.807, 2.05) is 6.92 Å². The van der Waals surface area contributed by atoms with Crippen LogP contribution in [0.3, 0.4) is 0 Å². The molecule has 0 rings (SSSR count). The summed E-state index contributed by atoms with van der Waals surface area (Å²) < 4.78 is 0. The predicted octanol–water partition coefficient (Wildman–Crippen LogP) is -1.11. The van der Waals surface area contributed by atoms with Gasteiger partial charge in [-0.3, -0.25) is 24.0 Å². The molecule has 13 nitrogen and oxygen atoms in total. The fourth-order valence-electron chi connectivity index (χ4n) is 2.76. The summed E-state index contributed by atoms with van der Waals surface area (Å²) >= 11 is 0. The van der Waals surface area contributed by atoms with E-state index in [-0.39, 0.29) is 5.92 Å². The highest BCUT2D eigenvalue weighted by atomic mass is 16.4. The van der Waals surface area contributed by atoms with Crippen LogP contribution in [0.15, 0.2) is 0 Å². The van der Waals surface area contributed by atoms with Crippen LogP contribution in [0.2, 0.25) is 0 Å². The maximum atomic E-state index is 12.8. The first-order valence-electron chi connectivity index (χ1n) is 10.6. The van der Waals surface area contributed by atoms with Crippen LogP contribution in [0.1, 0.15) is 53.4 Å². The van der Waals surface area contributed by atoms with Crippen LogP contribution in [-0.4, -0.2) is 75.1 Å². The van der Waals surface area contributed by atoms with Crippen LogP contribution in [-0.2, 0) is 28.8 Å². The SMILES string of the molecule is CCC(C)C(N)C(=O)NC(CC(=O)O)C(=O)NC(C(=O)NC(CC(=O)O)C(=O)O)C(C)CC. The third kappa shape index (κ3) is 10.3. The molecule has 13 heteroatoms. The number of rotatable bonds is 15. The minimum Gasteiger partial charge on any atom is -0.481 e. The summed E-state index contributed by atoms with van der Waals surface area (Å²) in [6, 6.07) is -5.57. The molecule has 0 saturated heterocycles. The number of carboxylic acids is 3. The van der Waals surface area contributed by atoms with Crippen molar-refractivity contribution >= 4 is 35.6 Å². The highest BCUT2D eigenvalue weighted by Crippen LogP contribution is 2.11. The second-order valence-electron chi connectivity index (χ2n) is 7.94. The molecule has 6 unspecified atom stereocenters. The normalized spacial score (nSPS) is 16.3. The fourth-order valence-corrected chi connectivity index (χ4v) is 2.76. The summed E-state index contributed by atoms with van der Waals surface area (Å²) in [5, 5.41) is 33.8. The summed E-state index contributed by atoms with van der Waals surface area (Å²) in [4.78, 5) is 71.2. The molecule has 188 valence electrons. The zero-order valence-electron chi connectivity index (χ0n) is 19.2. The Bertz CT molecular complexity index is 743. The van der Waals surface area contributed by atoms with E-state index in [1.54, 1.807) is 20.8 Å². The zero-order valence-corrected chi connectivity index (χ0v) is 19.2. The zero-order chi connectivity index (χ0) is 25.9. The Hall–Kier alpha value is -3.22. The highest BCUT2D eigenvalue weighted by Gasteiger charge is 2.34. The maximum Gasteiger partial charge on any atom is 0.326 e. The van der Waals surface area contributed by atoms with Gasteiger partial charge in [-0.15, -0.1) is 0 Å². The molecule has 0 bridgehead atoms. The second kappa shape index (κ2) is 14.0. The topological polar surface area (TPSA) is 225 Å². The van der Waals surface area contributed by atoms with Gasteiger partial charge in [-0.25, -0.2) is 4.79 Å². The van der Waals surface area contributed by atoms with E-state index in [0.29, 0.717) is 12.8 Å². The maximum absolute atomic E-state index is 12.8. The van der Waals surface area contributed by atoms with Gasteiger partial charge in [0.2, 0.25) is 17.7 Å². The molecule has 0 aromatic rings. The molecule has 0 fully saturated rings. The quantitative estimate of drug-likeness (QED) is 0.151. The van der Waals surface area contributed by atoms with Crippen LogP contribution in [0, 0.1) is 11.8 Å². The Morgan fingerprint density at radius 3 is 1.58 bits per heavy atom. The van der Waals surface area contributed by atoms with E-state index >= 15 is 0 Å². The summed E-state index contributed by atoms with van der Waals surface area (Å²) in [6.07, 6.45) is -0.727. The minimum atomic E-state index is -1.73. The number of hydrogen-bond donors (Lipinski definition) is 7. The predicted molar refractivity (Wildman–Crippen MR) is 115 cm³/mol. The molecule has 0 aliphatic rings. The van der Waals surface area contributed by atoms with Crippen molar-refractivity contribution in [3.63, 3.8) is 0 Å². The van der Waals surface area contributed by atoms with Gasteiger partial charge in [0.15, 0.2) is 0 Å². The Kier molecular flexibility index (Phi) is 12.7. The van der Waals surface area contributed by atoms with E-state index in [9.17, 15) is 28.8 Å². The van der Waals surface area contributed by atoms with Gasteiger partial charge < -0.3 is 37.0 Å². The lowest BCUT2D eigenvalue weighted by Crippen LogP contribution is -2.59. The second-order valence-corrected chi connectivity index (χ2v) is 7.94. The molecule has 6 atom stereocenters. The molecular formula is C20H34N4O9. The number of carboxylic acid groups (broad SMARTS) is 3. The third-order valence-corrected chi connectivity index (χ3v) is 5.36. The monoisotopic (exact) mass is 474 g/mol. The van der Waals surface area contributed by atoms with Gasteiger partial charge in [-0.1, -0.05) is 40.5 Å². The lowest BCUT2D eigenvalue weighted by atomic mass is 9.96. The minimum absolute atomic E-state index is 0.237. The average molecular weight is 475 g/mol. The summed E-state index contributed by atoms with van der Waals surface area (Å²) in [7, 11) is 0. The lowest BCUT2D eigenvalue weighted by Gasteiger charge is -2.28. The van der Waals surface area contributed by atoms with Crippen LogP contribution < -0.4 is 21.7 Å². The molecule has 0 saturated carbocycles. The highest BCUT2D eigenvalue weighted by molar-refractivity contribution is 5.96. The number of carbonyl (C=O) groups is 6. The third-order valence-electron chi connectivity index (χ3n) is 5.36. The van der Waals surface area contributed by atoms with E-state index in [0.717, 1.165) is 0 Å². The Morgan fingerprint density at radius 1 is 0.697 bits per heavy atom. The van der Waals surface area contributed by atoms with E-state index in [4.69, 9.17) is 21.1 Å². The van der Waals surface area contributed by atoms with E-state index < -0.39 is 78.6 Å². The van der Waals surface area contributed by atoms with Crippen LogP contribution in [0.4, 0.5) is 0 Å². The van der Waals surface area contributed by atoms with Crippen LogP contribution >= 0.6 is 0 Å². The summed E-state index contributed by atoms with van der Waals surface area (Å²) in [5.41, 5.74) is 5.83. The molecular weight excluding hydrogens is 440 g/mol. The van der Waals surface area contributed by atoms with Gasteiger partial charge in [0.25, 0.3) is 0 Å². The van der Waals surface area contributed by atoms with Gasteiger partial charge in [0.1, 0.15) is 18.1 Å². The van der Waals surface area contributed by atoms with Crippen molar-refractivity contribution in [3.8, 4) is 0 Å². The number of nitrogens with one attached hydrogen (secondary N) is 3. The number of hydrogen-bond acceptors (Lipinski definition) is 7. The van der Waals surface area contributed by atoms with Gasteiger partial charge >= 0.3 is 17.9 Å². The summed E-state index contributed by atoms with van der Waals surface area (Å²) in [6.45, 7) is 6.81. The number of nitrogens with two attached hydrogens (primary N) is 1. The van der Waals surface area contributed by atoms with Gasteiger partial charge in [0.05, 0.1) is 18.9 Å². The molecule has 33 heavy (non-hydrogen) atoms. The standard InChI is InChI=1S/C20H34N4O9/c1-5-9(3)15(21)18(30)22-11(7-13(25)26)17(29)24-16(10(4)6-2)19(31)23-12(20(32)33)8-14(27)28/h9-12,15-16H,5-8,21H2,1-4H3,(H,22,30)(H,23,31)(H,24,29)(H,25,26)(H,27,28)(H,32,33). The van der Waals surface area contributed by atoms with Gasteiger partial charge in [-0.2, -0.15) is 0 Å². The fraction of sp³-hybridized carbons (Fsp3) is 0.700. The lowest BCUT2D eigenvalue weighted by molar-refractivity contribution is -0.147. The van der Waals surface area contributed by atoms with Gasteiger partial charge in [0, 0.05) is 0 Å². The van der Waals surface area contributed by atoms with Crippen molar-refractivity contribution < 1.29 is 44.1 Å². The first-order valence-corrected chi connectivity index (χ1v) is 10.6. The van der Waals surface area contributed by atoms with Crippen LogP contribution in [0.5, 0.6) is 0 Å². The van der Waals surface area contributed by atoms with Crippen molar-refractivity contribution in [2.75, 3.05) is 0 Å². The number of aliphatic carboxylic acids is 3. The van der Waals surface area contributed by atoms with Crippen molar-refractivity contribution in [1.29, 1.82) is 0 Å². The Morgan fingerprint density at radius 2 is 1.15 bits per heavy atom. The van der Waals surface area contributed by atoms with Crippen LogP contribution in [0.25, 0.3) is 0 Å². The Labute approximate surface area is 191 Å². The average Bonchev–Trinajstić information content (AvgIpc) is 2.73. The van der Waals surface area contributed by atoms with Crippen molar-refractivity contribution in [2.24, 2.45) is 17.6 Å². The first kappa shape index (κ1) is 29.8. The molecule has 0 aliphatic heterocycles. The molecule has 0 aliphatic carbocycles. The number of carbonyl (C=O) groups excluding carboxylic acids is 3. The molecule has 3 amide bonds. The van der Waals surface area contributed by atoms with Gasteiger partial charge in [-0.05, 0) is 11.8 Å².